The zero-order valence-electron chi connectivity index (χ0n) is 11.8. The van der Waals surface area contributed by atoms with Gasteiger partial charge in [-0.2, -0.15) is 0 Å². The molecule has 0 saturated heterocycles. The monoisotopic (exact) mass is 317 g/mol. The van der Waals surface area contributed by atoms with E-state index in [0.717, 1.165) is 5.56 Å². The SMILES string of the molecule is NC(CCl)=Nc1cc(C(=O)O)ccc1NCc1ccccc1. The molecule has 0 spiro atoms. The van der Waals surface area contributed by atoms with E-state index in [1.54, 1.807) is 6.07 Å². The van der Waals surface area contributed by atoms with Gasteiger partial charge in [-0.25, -0.2) is 9.79 Å². The highest BCUT2D eigenvalue weighted by atomic mass is 35.5. The highest BCUT2D eigenvalue weighted by Crippen LogP contribution is 2.27. The summed E-state index contributed by atoms with van der Waals surface area (Å²) in [5.74, 6) is -0.711. The van der Waals surface area contributed by atoms with E-state index in [-0.39, 0.29) is 17.3 Å². The minimum atomic E-state index is -1.02. The van der Waals surface area contributed by atoms with Gasteiger partial charge < -0.3 is 16.2 Å². The lowest BCUT2D eigenvalue weighted by molar-refractivity contribution is 0.0697. The zero-order chi connectivity index (χ0) is 15.9. The summed E-state index contributed by atoms with van der Waals surface area (Å²) in [5, 5.41) is 12.3. The second kappa shape index (κ2) is 7.47. The number of carbonyl (C=O) groups is 1. The maximum absolute atomic E-state index is 11.1. The van der Waals surface area contributed by atoms with Gasteiger partial charge in [0.15, 0.2) is 0 Å². The number of nitrogens with two attached hydrogens (primary N) is 1. The van der Waals surface area contributed by atoms with Gasteiger partial charge in [0.05, 0.1) is 22.8 Å². The van der Waals surface area contributed by atoms with Crippen LogP contribution in [0.25, 0.3) is 0 Å². The largest absolute Gasteiger partial charge is 0.478 e. The molecule has 6 heteroatoms. The van der Waals surface area contributed by atoms with Gasteiger partial charge in [-0.05, 0) is 23.8 Å². The zero-order valence-corrected chi connectivity index (χ0v) is 12.5. The molecule has 0 heterocycles. The number of alkyl halides is 1. The van der Waals surface area contributed by atoms with Gasteiger partial charge >= 0.3 is 5.97 Å². The number of aliphatic imine (C=N–C) groups is 1. The predicted octanol–water partition coefficient (Wildman–Crippen LogP) is 3.22. The third-order valence-electron chi connectivity index (χ3n) is 2.97. The molecular formula is C16H16ClN3O2. The summed E-state index contributed by atoms with van der Waals surface area (Å²) in [7, 11) is 0. The van der Waals surface area contributed by atoms with Crippen molar-refractivity contribution in [3.05, 3.63) is 59.7 Å². The number of nitrogens with one attached hydrogen (secondary N) is 1. The summed E-state index contributed by atoms with van der Waals surface area (Å²) >= 11 is 5.64. The highest BCUT2D eigenvalue weighted by molar-refractivity contribution is 6.28. The number of anilines is 1. The first-order valence-corrected chi connectivity index (χ1v) is 7.17. The first-order valence-electron chi connectivity index (χ1n) is 6.64. The van der Waals surface area contributed by atoms with Crippen molar-refractivity contribution in [2.75, 3.05) is 11.2 Å². The van der Waals surface area contributed by atoms with Gasteiger partial charge in [-0.15, -0.1) is 11.6 Å². The van der Waals surface area contributed by atoms with E-state index in [0.29, 0.717) is 17.9 Å². The van der Waals surface area contributed by atoms with Gasteiger partial charge in [0.25, 0.3) is 0 Å². The number of amidine groups is 1. The van der Waals surface area contributed by atoms with Crippen molar-refractivity contribution >= 4 is 34.8 Å². The molecular weight excluding hydrogens is 302 g/mol. The van der Waals surface area contributed by atoms with Crippen LogP contribution in [0.1, 0.15) is 15.9 Å². The number of hydrogen-bond donors (Lipinski definition) is 3. The number of carboxylic acid groups (broad SMARTS) is 1. The van der Waals surface area contributed by atoms with Crippen LogP contribution in [0.4, 0.5) is 11.4 Å². The number of rotatable bonds is 6. The third kappa shape index (κ3) is 4.23. The van der Waals surface area contributed by atoms with Crippen molar-refractivity contribution in [2.45, 2.75) is 6.54 Å². The summed E-state index contributed by atoms with van der Waals surface area (Å²) in [6.45, 7) is 0.594. The summed E-state index contributed by atoms with van der Waals surface area (Å²) in [6, 6.07) is 14.5. The first kappa shape index (κ1) is 15.9. The smallest absolute Gasteiger partial charge is 0.335 e. The Labute approximate surface area is 133 Å². The molecule has 114 valence electrons. The van der Waals surface area contributed by atoms with Crippen LogP contribution in [0.15, 0.2) is 53.5 Å². The summed E-state index contributed by atoms with van der Waals surface area (Å²) in [6.07, 6.45) is 0. The molecule has 0 saturated carbocycles. The van der Waals surface area contributed by atoms with Crippen molar-refractivity contribution in [1.82, 2.24) is 0 Å². The molecule has 2 aromatic carbocycles. The molecule has 0 aliphatic rings. The molecule has 2 aromatic rings. The highest BCUT2D eigenvalue weighted by Gasteiger charge is 2.08. The summed E-state index contributed by atoms with van der Waals surface area (Å²) in [4.78, 5) is 15.2. The standard InChI is InChI=1S/C16H16ClN3O2/c17-9-15(18)20-14-8-12(16(21)22)6-7-13(14)19-10-11-4-2-1-3-5-11/h1-8,19H,9-10H2,(H2,18,20)(H,21,22). The normalized spacial score (nSPS) is 11.2. The van der Waals surface area contributed by atoms with Crippen LogP contribution in [0.3, 0.4) is 0 Å². The number of hydrogen-bond acceptors (Lipinski definition) is 3. The Hall–Kier alpha value is -2.53. The number of nitrogens with zero attached hydrogens (tertiary/aromatic N) is 1. The molecule has 0 unspecified atom stereocenters. The number of halogens is 1. The van der Waals surface area contributed by atoms with E-state index in [1.807, 2.05) is 30.3 Å². The average molecular weight is 318 g/mol. The fourth-order valence-electron chi connectivity index (χ4n) is 1.88. The van der Waals surface area contributed by atoms with E-state index in [9.17, 15) is 4.79 Å². The van der Waals surface area contributed by atoms with E-state index < -0.39 is 5.97 Å². The number of carboxylic acids is 1. The van der Waals surface area contributed by atoms with Crippen LogP contribution in [-0.4, -0.2) is 22.8 Å². The first-order chi connectivity index (χ1) is 10.6. The number of benzene rings is 2. The van der Waals surface area contributed by atoms with Gasteiger partial charge in [-0.3, -0.25) is 0 Å². The van der Waals surface area contributed by atoms with Crippen molar-refractivity contribution in [1.29, 1.82) is 0 Å². The fourth-order valence-corrected chi connectivity index (χ4v) is 1.94. The molecule has 0 atom stereocenters. The Bertz CT molecular complexity index is 687. The maximum atomic E-state index is 11.1. The van der Waals surface area contributed by atoms with Crippen LogP contribution in [0.5, 0.6) is 0 Å². The predicted molar refractivity (Wildman–Crippen MR) is 89.2 cm³/mol. The van der Waals surface area contributed by atoms with E-state index in [2.05, 4.69) is 10.3 Å². The molecule has 0 fully saturated rings. The second-order valence-corrected chi connectivity index (χ2v) is 4.88. The van der Waals surface area contributed by atoms with E-state index in [4.69, 9.17) is 22.4 Å². The molecule has 2 rings (SSSR count). The lowest BCUT2D eigenvalue weighted by atomic mass is 10.1. The average Bonchev–Trinajstić information content (AvgIpc) is 2.54. The lowest BCUT2D eigenvalue weighted by Crippen LogP contribution is -2.12. The van der Waals surface area contributed by atoms with Crippen molar-refractivity contribution in [3.8, 4) is 0 Å². The lowest BCUT2D eigenvalue weighted by Gasteiger charge is -2.11. The number of aromatic carboxylic acids is 1. The van der Waals surface area contributed by atoms with Gasteiger partial charge in [0.1, 0.15) is 5.84 Å². The van der Waals surface area contributed by atoms with Crippen molar-refractivity contribution in [3.63, 3.8) is 0 Å². The van der Waals surface area contributed by atoms with E-state index in [1.165, 1.54) is 12.1 Å². The molecule has 0 radical (unpaired) electrons. The maximum Gasteiger partial charge on any atom is 0.335 e. The molecule has 4 N–H and O–H groups in total. The Morgan fingerprint density at radius 3 is 2.59 bits per heavy atom. The van der Waals surface area contributed by atoms with Crippen LogP contribution < -0.4 is 11.1 Å². The minimum Gasteiger partial charge on any atom is -0.478 e. The van der Waals surface area contributed by atoms with Crippen molar-refractivity contribution < 1.29 is 9.90 Å². The summed E-state index contributed by atoms with van der Waals surface area (Å²) < 4.78 is 0. The molecule has 0 aliphatic heterocycles. The fraction of sp³-hybridized carbons (Fsp3) is 0.125. The molecule has 0 amide bonds. The Balaban J connectivity index is 2.27. The summed E-state index contributed by atoms with van der Waals surface area (Å²) in [5.41, 5.74) is 8.05. The molecule has 5 nitrogen and oxygen atoms in total. The van der Waals surface area contributed by atoms with Crippen LogP contribution in [0.2, 0.25) is 0 Å². The van der Waals surface area contributed by atoms with Gasteiger partial charge in [-0.1, -0.05) is 30.3 Å². The minimum absolute atomic E-state index is 0.0788. The quantitative estimate of drug-likeness (QED) is 0.433. The van der Waals surface area contributed by atoms with Crippen LogP contribution in [-0.2, 0) is 6.54 Å². The Kier molecular flexibility index (Phi) is 5.38. The molecule has 0 aliphatic carbocycles. The molecule has 0 aromatic heterocycles. The third-order valence-corrected chi connectivity index (χ3v) is 3.25. The second-order valence-electron chi connectivity index (χ2n) is 4.61. The van der Waals surface area contributed by atoms with Crippen LogP contribution in [0, 0.1) is 0 Å². The molecule has 0 bridgehead atoms. The Morgan fingerprint density at radius 2 is 1.95 bits per heavy atom. The van der Waals surface area contributed by atoms with Crippen LogP contribution >= 0.6 is 11.6 Å². The van der Waals surface area contributed by atoms with Gasteiger partial charge in [0.2, 0.25) is 0 Å². The molecule has 22 heavy (non-hydrogen) atoms. The van der Waals surface area contributed by atoms with Crippen molar-refractivity contribution in [2.24, 2.45) is 10.7 Å². The Morgan fingerprint density at radius 1 is 1.23 bits per heavy atom. The van der Waals surface area contributed by atoms with Gasteiger partial charge in [0, 0.05) is 6.54 Å². The van der Waals surface area contributed by atoms with E-state index >= 15 is 0 Å². The topological polar surface area (TPSA) is 87.7 Å².